The largest absolute Gasteiger partial charge is 0.497 e. The highest BCUT2D eigenvalue weighted by Gasteiger charge is 2.13. The van der Waals surface area contributed by atoms with Crippen LogP contribution in [-0.2, 0) is 0 Å². The number of pyridine rings is 1. The van der Waals surface area contributed by atoms with Gasteiger partial charge in [0, 0.05) is 25.0 Å². The van der Waals surface area contributed by atoms with Crippen LogP contribution in [0.3, 0.4) is 0 Å². The van der Waals surface area contributed by atoms with Gasteiger partial charge >= 0.3 is 6.03 Å². The molecular formula is C14H16N4O2. The minimum absolute atomic E-state index is 0.295. The Morgan fingerprint density at radius 3 is 2.90 bits per heavy atom. The van der Waals surface area contributed by atoms with Gasteiger partial charge in [0.2, 0.25) is 0 Å². The van der Waals surface area contributed by atoms with E-state index in [0.29, 0.717) is 22.8 Å². The summed E-state index contributed by atoms with van der Waals surface area (Å²) < 4.78 is 5.11. The second kappa shape index (κ2) is 5.92. The summed E-state index contributed by atoms with van der Waals surface area (Å²) in [5.74, 6) is 0.675. The van der Waals surface area contributed by atoms with Crippen LogP contribution in [-0.4, -0.2) is 25.2 Å². The number of nitrogens with one attached hydrogen (secondary N) is 1. The lowest BCUT2D eigenvalue weighted by Crippen LogP contribution is -2.31. The number of anilines is 3. The fourth-order valence-electron chi connectivity index (χ4n) is 1.72. The van der Waals surface area contributed by atoms with E-state index in [1.807, 2.05) is 0 Å². The smallest absolute Gasteiger partial charge is 0.326 e. The summed E-state index contributed by atoms with van der Waals surface area (Å²) in [5, 5.41) is 2.77. The molecule has 2 aromatic rings. The van der Waals surface area contributed by atoms with Crippen molar-refractivity contribution in [2.24, 2.45) is 0 Å². The van der Waals surface area contributed by atoms with Crippen LogP contribution in [0.15, 0.2) is 42.7 Å². The molecule has 104 valence electrons. The number of amides is 2. The Bertz CT molecular complexity index is 616. The molecule has 0 aliphatic rings. The number of ether oxygens (including phenoxy) is 1. The number of methoxy groups -OCH3 is 1. The van der Waals surface area contributed by atoms with Crippen molar-refractivity contribution in [3.63, 3.8) is 0 Å². The van der Waals surface area contributed by atoms with Gasteiger partial charge in [0.25, 0.3) is 0 Å². The summed E-state index contributed by atoms with van der Waals surface area (Å²) in [5.41, 5.74) is 7.48. The number of carbonyl (C=O) groups excluding carboxylic acids is 1. The summed E-state index contributed by atoms with van der Waals surface area (Å²) in [4.78, 5) is 17.5. The molecule has 1 heterocycles. The van der Waals surface area contributed by atoms with Crippen LogP contribution in [0.2, 0.25) is 0 Å². The first kappa shape index (κ1) is 13.7. The van der Waals surface area contributed by atoms with Crippen molar-refractivity contribution in [2.45, 2.75) is 0 Å². The van der Waals surface area contributed by atoms with Crippen LogP contribution in [0.5, 0.6) is 5.75 Å². The molecule has 6 heteroatoms. The molecular weight excluding hydrogens is 256 g/mol. The van der Waals surface area contributed by atoms with E-state index in [1.165, 1.54) is 11.1 Å². The second-order valence-corrected chi connectivity index (χ2v) is 4.16. The Labute approximate surface area is 117 Å². The number of urea groups is 1. The minimum atomic E-state index is -0.295. The molecule has 0 unspecified atom stereocenters. The molecule has 2 rings (SSSR count). The van der Waals surface area contributed by atoms with Crippen molar-refractivity contribution < 1.29 is 9.53 Å². The van der Waals surface area contributed by atoms with E-state index in [4.69, 9.17) is 10.5 Å². The molecule has 0 fully saturated rings. The first-order valence-electron chi connectivity index (χ1n) is 6.00. The zero-order valence-corrected chi connectivity index (χ0v) is 11.3. The molecule has 0 aliphatic carbocycles. The van der Waals surface area contributed by atoms with Crippen LogP contribution in [0.4, 0.5) is 21.9 Å². The topological polar surface area (TPSA) is 80.5 Å². The Morgan fingerprint density at radius 2 is 2.20 bits per heavy atom. The third-order valence-electron chi connectivity index (χ3n) is 2.81. The summed E-state index contributed by atoms with van der Waals surface area (Å²) in [6, 6.07) is 8.51. The van der Waals surface area contributed by atoms with Gasteiger partial charge in [0.05, 0.1) is 24.7 Å². The van der Waals surface area contributed by atoms with Crippen LogP contribution in [0, 0.1) is 0 Å². The van der Waals surface area contributed by atoms with Gasteiger partial charge in [-0.1, -0.05) is 6.07 Å². The lowest BCUT2D eigenvalue weighted by atomic mass is 10.3. The van der Waals surface area contributed by atoms with Gasteiger partial charge in [-0.2, -0.15) is 0 Å². The first-order chi connectivity index (χ1) is 9.61. The molecule has 0 saturated heterocycles. The number of hydrogen-bond acceptors (Lipinski definition) is 4. The van der Waals surface area contributed by atoms with Gasteiger partial charge in [-0.15, -0.1) is 0 Å². The highest BCUT2D eigenvalue weighted by Crippen LogP contribution is 2.22. The zero-order chi connectivity index (χ0) is 14.5. The number of rotatable bonds is 3. The average Bonchev–Trinajstić information content (AvgIpc) is 2.47. The molecule has 0 radical (unpaired) electrons. The first-order valence-corrected chi connectivity index (χ1v) is 6.00. The number of nitrogens with two attached hydrogens (primary N) is 1. The maximum absolute atomic E-state index is 12.2. The van der Waals surface area contributed by atoms with Gasteiger partial charge in [-0.05, 0) is 18.2 Å². The SMILES string of the molecule is COc1cccc(NC(=O)N(C)c2ccncc2N)c1. The molecule has 1 aromatic heterocycles. The summed E-state index contributed by atoms with van der Waals surface area (Å²) in [6.07, 6.45) is 3.09. The number of nitrogen functional groups attached to an aromatic ring is 1. The van der Waals surface area contributed by atoms with E-state index in [9.17, 15) is 4.79 Å². The Kier molecular flexibility index (Phi) is 4.05. The maximum atomic E-state index is 12.2. The van der Waals surface area contributed by atoms with Gasteiger partial charge < -0.3 is 15.8 Å². The zero-order valence-electron chi connectivity index (χ0n) is 11.3. The van der Waals surface area contributed by atoms with E-state index in [2.05, 4.69) is 10.3 Å². The van der Waals surface area contributed by atoms with Crippen molar-refractivity contribution in [3.05, 3.63) is 42.7 Å². The van der Waals surface area contributed by atoms with Crippen molar-refractivity contribution in [3.8, 4) is 5.75 Å². The fraction of sp³-hybridized carbons (Fsp3) is 0.143. The van der Waals surface area contributed by atoms with Crippen LogP contribution in [0.25, 0.3) is 0 Å². The lowest BCUT2D eigenvalue weighted by Gasteiger charge is -2.19. The fourth-order valence-corrected chi connectivity index (χ4v) is 1.72. The number of hydrogen-bond donors (Lipinski definition) is 2. The van der Waals surface area contributed by atoms with Crippen molar-refractivity contribution in [1.82, 2.24) is 4.98 Å². The van der Waals surface area contributed by atoms with Crippen molar-refractivity contribution >= 4 is 23.1 Å². The van der Waals surface area contributed by atoms with Gasteiger partial charge in [0.1, 0.15) is 5.75 Å². The van der Waals surface area contributed by atoms with Crippen LogP contribution >= 0.6 is 0 Å². The van der Waals surface area contributed by atoms with E-state index < -0.39 is 0 Å². The number of benzene rings is 1. The Balaban J connectivity index is 2.13. The number of nitrogens with zero attached hydrogens (tertiary/aromatic N) is 2. The average molecular weight is 272 g/mol. The van der Waals surface area contributed by atoms with Gasteiger partial charge in [-0.25, -0.2) is 4.79 Å². The highest BCUT2D eigenvalue weighted by molar-refractivity contribution is 6.03. The second-order valence-electron chi connectivity index (χ2n) is 4.16. The third-order valence-corrected chi connectivity index (χ3v) is 2.81. The summed E-state index contributed by atoms with van der Waals surface area (Å²) in [7, 11) is 3.21. The molecule has 2 amide bonds. The quantitative estimate of drug-likeness (QED) is 0.898. The normalized spacial score (nSPS) is 9.90. The van der Waals surface area contributed by atoms with Crippen LogP contribution in [0.1, 0.15) is 0 Å². The minimum Gasteiger partial charge on any atom is -0.497 e. The predicted molar refractivity (Wildman–Crippen MR) is 79.1 cm³/mol. The van der Waals surface area contributed by atoms with E-state index in [0.717, 1.165) is 0 Å². The highest BCUT2D eigenvalue weighted by atomic mass is 16.5. The standard InChI is InChI=1S/C14H16N4O2/c1-18(13-6-7-16-9-12(13)15)14(19)17-10-4-3-5-11(8-10)20-2/h3-9H,15H2,1-2H3,(H,17,19). The molecule has 3 N–H and O–H groups in total. The molecule has 0 atom stereocenters. The van der Waals surface area contributed by atoms with Crippen molar-refractivity contribution in [2.75, 3.05) is 30.1 Å². The monoisotopic (exact) mass is 272 g/mol. The Morgan fingerprint density at radius 1 is 1.40 bits per heavy atom. The van der Waals surface area contributed by atoms with Gasteiger partial charge in [0.15, 0.2) is 0 Å². The van der Waals surface area contributed by atoms with E-state index in [1.54, 1.807) is 50.7 Å². The predicted octanol–water partition coefficient (Wildman–Crippen LogP) is 2.34. The third kappa shape index (κ3) is 2.97. The molecule has 6 nitrogen and oxygen atoms in total. The Hall–Kier alpha value is -2.76. The van der Waals surface area contributed by atoms with Crippen molar-refractivity contribution in [1.29, 1.82) is 0 Å². The molecule has 20 heavy (non-hydrogen) atoms. The molecule has 0 aliphatic heterocycles. The van der Waals surface area contributed by atoms with E-state index in [-0.39, 0.29) is 6.03 Å². The molecule has 0 bridgehead atoms. The van der Waals surface area contributed by atoms with E-state index >= 15 is 0 Å². The molecule has 1 aromatic carbocycles. The summed E-state index contributed by atoms with van der Waals surface area (Å²) >= 11 is 0. The summed E-state index contributed by atoms with van der Waals surface area (Å²) in [6.45, 7) is 0. The number of aromatic nitrogens is 1. The molecule has 0 saturated carbocycles. The van der Waals surface area contributed by atoms with Crippen LogP contribution < -0.4 is 20.7 Å². The molecule has 0 spiro atoms. The van der Waals surface area contributed by atoms with Gasteiger partial charge in [-0.3, -0.25) is 9.88 Å². The lowest BCUT2D eigenvalue weighted by molar-refractivity contribution is 0.258. The maximum Gasteiger partial charge on any atom is 0.326 e. The number of carbonyl (C=O) groups is 1.